The lowest BCUT2D eigenvalue weighted by Crippen LogP contribution is -2.41. The van der Waals surface area contributed by atoms with Crippen LogP contribution in [-0.2, 0) is 19.6 Å². The molecule has 38 heavy (non-hydrogen) atoms. The van der Waals surface area contributed by atoms with E-state index in [1.165, 1.54) is 17.0 Å². The Balaban J connectivity index is 1.28. The van der Waals surface area contributed by atoms with Gasteiger partial charge in [0.2, 0.25) is 11.8 Å². The van der Waals surface area contributed by atoms with Crippen LogP contribution in [-0.4, -0.2) is 20.2 Å². The van der Waals surface area contributed by atoms with E-state index in [0.717, 1.165) is 22.3 Å². The summed E-state index contributed by atoms with van der Waals surface area (Å²) in [6, 6.07) is 28.4. The number of rotatable bonds is 4. The Bertz CT molecular complexity index is 1640. The zero-order valence-electron chi connectivity index (χ0n) is 19.9. The largest absolute Gasteiger partial charge is 0.280 e. The summed E-state index contributed by atoms with van der Waals surface area (Å²) in [5.74, 6) is -2.11. The van der Waals surface area contributed by atoms with Crippen molar-refractivity contribution in [2.75, 3.05) is 9.62 Å². The van der Waals surface area contributed by atoms with E-state index in [1.807, 2.05) is 24.3 Å². The molecule has 4 aliphatic rings. The first kappa shape index (κ1) is 23.2. The first-order valence-electron chi connectivity index (χ1n) is 12.3. The molecule has 2 bridgehead atoms. The third-order valence-electron chi connectivity index (χ3n) is 7.93. The van der Waals surface area contributed by atoms with Crippen molar-refractivity contribution < 1.29 is 18.0 Å². The van der Waals surface area contributed by atoms with E-state index >= 15 is 0 Å². The molecule has 8 heteroatoms. The lowest BCUT2D eigenvalue weighted by Gasteiger charge is -2.45. The molecule has 1 N–H and O–H groups in total. The SMILES string of the molecule is O=C1[C@@H]2C3c4ccccc4C(c4ccccc43)[C@H]2C(=O)N1c1cccc(S(=O)(=O)Nc2ccc(Cl)cc2)c1. The number of amides is 2. The van der Waals surface area contributed by atoms with Gasteiger partial charge in [-0.25, -0.2) is 13.3 Å². The molecule has 0 unspecified atom stereocenters. The summed E-state index contributed by atoms with van der Waals surface area (Å²) < 4.78 is 28.8. The van der Waals surface area contributed by atoms with Crippen molar-refractivity contribution in [2.45, 2.75) is 16.7 Å². The first-order valence-corrected chi connectivity index (χ1v) is 14.2. The van der Waals surface area contributed by atoms with Gasteiger partial charge in [-0.15, -0.1) is 0 Å². The number of hydrogen-bond acceptors (Lipinski definition) is 4. The molecule has 4 aromatic carbocycles. The van der Waals surface area contributed by atoms with Crippen LogP contribution in [0.25, 0.3) is 0 Å². The molecule has 8 rings (SSSR count). The molecule has 2 atom stereocenters. The molecule has 1 saturated heterocycles. The van der Waals surface area contributed by atoms with E-state index in [2.05, 4.69) is 29.0 Å². The van der Waals surface area contributed by atoms with Crippen molar-refractivity contribution in [3.63, 3.8) is 0 Å². The number of nitrogens with one attached hydrogen (secondary N) is 1. The molecule has 1 aliphatic heterocycles. The highest BCUT2D eigenvalue weighted by Crippen LogP contribution is 2.61. The fourth-order valence-corrected chi connectivity index (χ4v) is 7.68. The molecule has 1 heterocycles. The van der Waals surface area contributed by atoms with E-state index < -0.39 is 21.9 Å². The van der Waals surface area contributed by atoms with Gasteiger partial charge in [0, 0.05) is 22.5 Å². The number of benzene rings is 4. The van der Waals surface area contributed by atoms with Crippen LogP contribution in [0.3, 0.4) is 0 Å². The zero-order chi connectivity index (χ0) is 26.2. The normalized spacial score (nSPS) is 23.1. The predicted molar refractivity (Wildman–Crippen MR) is 145 cm³/mol. The third-order valence-corrected chi connectivity index (χ3v) is 9.56. The average Bonchev–Trinajstić information content (AvgIpc) is 3.20. The van der Waals surface area contributed by atoms with Crippen molar-refractivity contribution in [1.29, 1.82) is 0 Å². The van der Waals surface area contributed by atoms with Crippen molar-refractivity contribution in [2.24, 2.45) is 11.8 Å². The van der Waals surface area contributed by atoms with Crippen LogP contribution in [0.15, 0.2) is 102 Å². The first-order chi connectivity index (χ1) is 18.3. The quantitative estimate of drug-likeness (QED) is 0.345. The average molecular weight is 541 g/mol. The maximum absolute atomic E-state index is 14.0. The molecular formula is C30H21ClN2O4S. The van der Waals surface area contributed by atoms with Crippen LogP contribution in [0.1, 0.15) is 34.1 Å². The maximum Gasteiger partial charge on any atom is 0.261 e. The van der Waals surface area contributed by atoms with Crippen molar-refractivity contribution in [3.05, 3.63) is 124 Å². The number of hydrogen-bond donors (Lipinski definition) is 1. The lowest BCUT2D eigenvalue weighted by atomic mass is 9.55. The number of imide groups is 1. The molecule has 2 amide bonds. The summed E-state index contributed by atoms with van der Waals surface area (Å²) in [7, 11) is -3.98. The van der Waals surface area contributed by atoms with E-state index in [0.29, 0.717) is 10.7 Å². The second kappa shape index (κ2) is 8.28. The molecule has 4 aromatic rings. The summed E-state index contributed by atoms with van der Waals surface area (Å²) >= 11 is 5.91. The Morgan fingerprint density at radius 2 is 1.16 bits per heavy atom. The fraction of sp³-hybridized carbons (Fsp3) is 0.133. The predicted octanol–water partition coefficient (Wildman–Crippen LogP) is 5.54. The minimum absolute atomic E-state index is 0.0463. The van der Waals surface area contributed by atoms with Gasteiger partial charge in [-0.3, -0.25) is 14.3 Å². The van der Waals surface area contributed by atoms with E-state index in [4.69, 9.17) is 11.6 Å². The van der Waals surface area contributed by atoms with E-state index in [1.54, 1.807) is 36.4 Å². The maximum atomic E-state index is 14.0. The van der Waals surface area contributed by atoms with Gasteiger partial charge in [-0.1, -0.05) is 66.2 Å². The van der Waals surface area contributed by atoms with Gasteiger partial charge in [-0.05, 0) is 64.7 Å². The van der Waals surface area contributed by atoms with Gasteiger partial charge < -0.3 is 0 Å². The Labute approximate surface area is 224 Å². The van der Waals surface area contributed by atoms with Gasteiger partial charge in [0.25, 0.3) is 10.0 Å². The number of sulfonamides is 1. The number of halogens is 1. The standard InChI is InChI=1S/C30H21ClN2O4S/c31-17-12-14-18(15-13-17)32-38(36,37)20-7-5-6-19(16-20)33-29(34)27-25-21-8-1-2-9-22(21)26(28(27)30(33)35)24-11-4-3-10-23(24)25/h1-16,25-28,32H/t25?,26?,27-,28-/m1/s1. The monoisotopic (exact) mass is 540 g/mol. The number of carbonyl (C=O) groups is 2. The van der Waals surface area contributed by atoms with Crippen LogP contribution >= 0.6 is 11.6 Å². The molecule has 188 valence electrons. The molecule has 0 radical (unpaired) electrons. The lowest BCUT2D eigenvalue weighted by molar-refractivity contribution is -0.122. The van der Waals surface area contributed by atoms with Crippen LogP contribution < -0.4 is 9.62 Å². The van der Waals surface area contributed by atoms with E-state index in [9.17, 15) is 18.0 Å². The molecule has 1 fully saturated rings. The van der Waals surface area contributed by atoms with Crippen LogP contribution in [0.4, 0.5) is 11.4 Å². The van der Waals surface area contributed by atoms with Gasteiger partial charge in [0.05, 0.1) is 22.4 Å². The van der Waals surface area contributed by atoms with Crippen LogP contribution in [0.5, 0.6) is 0 Å². The fourth-order valence-electron chi connectivity index (χ4n) is 6.45. The summed E-state index contributed by atoms with van der Waals surface area (Å²) in [5.41, 5.74) is 4.95. The molecular weight excluding hydrogens is 520 g/mol. The van der Waals surface area contributed by atoms with E-state index in [-0.39, 0.29) is 34.2 Å². The Kier molecular flexibility index (Phi) is 5.05. The smallest absolute Gasteiger partial charge is 0.261 e. The van der Waals surface area contributed by atoms with Gasteiger partial charge in [-0.2, -0.15) is 0 Å². The highest BCUT2D eigenvalue weighted by molar-refractivity contribution is 7.92. The molecule has 0 spiro atoms. The molecule has 0 saturated carbocycles. The summed E-state index contributed by atoms with van der Waals surface area (Å²) in [5, 5.41) is 0.487. The van der Waals surface area contributed by atoms with Crippen molar-refractivity contribution >= 4 is 44.8 Å². The number of nitrogens with zero attached hydrogens (tertiary/aromatic N) is 1. The summed E-state index contributed by atoms with van der Waals surface area (Å²) in [6.07, 6.45) is 0. The summed E-state index contributed by atoms with van der Waals surface area (Å²) in [4.78, 5) is 29.1. The van der Waals surface area contributed by atoms with Crippen molar-refractivity contribution in [3.8, 4) is 0 Å². The second-order valence-electron chi connectivity index (χ2n) is 9.89. The topological polar surface area (TPSA) is 83.6 Å². The number of anilines is 2. The minimum atomic E-state index is -3.98. The highest BCUT2D eigenvalue weighted by atomic mass is 35.5. The number of carbonyl (C=O) groups excluding carboxylic acids is 2. The molecule has 3 aliphatic carbocycles. The zero-order valence-corrected chi connectivity index (χ0v) is 21.5. The Morgan fingerprint density at radius 3 is 1.66 bits per heavy atom. The summed E-state index contributed by atoms with van der Waals surface area (Å²) in [6.45, 7) is 0. The highest BCUT2D eigenvalue weighted by Gasteiger charge is 2.61. The van der Waals surface area contributed by atoms with Gasteiger partial charge in [0.1, 0.15) is 0 Å². The molecule has 0 aromatic heterocycles. The molecule has 6 nitrogen and oxygen atoms in total. The van der Waals surface area contributed by atoms with Gasteiger partial charge in [0.15, 0.2) is 0 Å². The third kappa shape index (κ3) is 3.28. The second-order valence-corrected chi connectivity index (χ2v) is 12.0. The van der Waals surface area contributed by atoms with Crippen LogP contribution in [0.2, 0.25) is 5.02 Å². The van der Waals surface area contributed by atoms with Crippen molar-refractivity contribution in [1.82, 2.24) is 0 Å². The Morgan fingerprint density at radius 1 is 0.658 bits per heavy atom. The minimum Gasteiger partial charge on any atom is -0.280 e. The Hall–Kier alpha value is -3.94. The van der Waals surface area contributed by atoms with Crippen LogP contribution in [0, 0.1) is 11.8 Å². The van der Waals surface area contributed by atoms with Gasteiger partial charge >= 0.3 is 0 Å².